The van der Waals surface area contributed by atoms with Gasteiger partial charge in [0.2, 0.25) is 0 Å². The predicted octanol–water partition coefficient (Wildman–Crippen LogP) is 1.89. The third kappa shape index (κ3) is 1.09. The number of nitrogens with one attached hydrogen (secondary N) is 2. The fourth-order valence-electron chi connectivity index (χ4n) is 1.65. The van der Waals surface area contributed by atoms with Gasteiger partial charge in [-0.25, -0.2) is 0 Å². The van der Waals surface area contributed by atoms with E-state index in [2.05, 4.69) is 22.4 Å². The number of hydrogen-bond acceptors (Lipinski definition) is 2. The zero-order valence-corrected chi connectivity index (χ0v) is 7.65. The number of aromatic amines is 1. The molecule has 1 aromatic heterocycles. The molecular formula is C9H15N3. The number of rotatable bonds is 3. The zero-order chi connectivity index (χ0) is 8.55. The summed E-state index contributed by atoms with van der Waals surface area (Å²) in [5, 5.41) is 10.5. The third-order valence-electron chi connectivity index (χ3n) is 2.48. The van der Waals surface area contributed by atoms with Gasteiger partial charge in [0, 0.05) is 24.2 Å². The van der Waals surface area contributed by atoms with Crippen molar-refractivity contribution in [2.45, 2.75) is 32.1 Å². The van der Waals surface area contributed by atoms with E-state index in [-0.39, 0.29) is 0 Å². The fraction of sp³-hybridized carbons (Fsp3) is 0.667. The highest BCUT2D eigenvalue weighted by molar-refractivity contribution is 5.47. The van der Waals surface area contributed by atoms with Crippen LogP contribution in [0.2, 0.25) is 0 Å². The van der Waals surface area contributed by atoms with Crippen LogP contribution in [0.5, 0.6) is 0 Å². The van der Waals surface area contributed by atoms with Crippen LogP contribution in [-0.2, 0) is 6.42 Å². The molecule has 66 valence electrons. The monoisotopic (exact) mass is 165 g/mol. The molecule has 0 aromatic carbocycles. The molecule has 0 amide bonds. The van der Waals surface area contributed by atoms with Gasteiger partial charge in [0.05, 0.1) is 0 Å². The van der Waals surface area contributed by atoms with Crippen LogP contribution in [0.25, 0.3) is 0 Å². The Bertz CT molecular complexity index is 273. The molecule has 1 saturated carbocycles. The number of anilines is 1. The molecule has 1 aromatic rings. The van der Waals surface area contributed by atoms with Crippen molar-refractivity contribution in [1.29, 1.82) is 0 Å². The van der Waals surface area contributed by atoms with E-state index in [1.807, 2.05) is 7.05 Å². The summed E-state index contributed by atoms with van der Waals surface area (Å²) < 4.78 is 0. The number of nitrogens with zero attached hydrogens (tertiary/aromatic N) is 1. The molecule has 3 heteroatoms. The second-order valence-electron chi connectivity index (χ2n) is 3.34. The maximum atomic E-state index is 4.23. The van der Waals surface area contributed by atoms with Gasteiger partial charge in [-0.3, -0.25) is 5.10 Å². The molecule has 1 heterocycles. The highest BCUT2D eigenvalue weighted by atomic mass is 15.2. The van der Waals surface area contributed by atoms with Crippen LogP contribution in [0.1, 0.15) is 36.9 Å². The lowest BCUT2D eigenvalue weighted by atomic mass is 10.1. The first-order valence-electron chi connectivity index (χ1n) is 4.61. The molecule has 0 aliphatic heterocycles. The first kappa shape index (κ1) is 7.65. The van der Waals surface area contributed by atoms with E-state index < -0.39 is 0 Å². The Kier molecular flexibility index (Phi) is 1.79. The van der Waals surface area contributed by atoms with E-state index in [0.29, 0.717) is 0 Å². The normalized spacial score (nSPS) is 16.5. The van der Waals surface area contributed by atoms with Crippen molar-refractivity contribution in [3.8, 4) is 0 Å². The summed E-state index contributed by atoms with van der Waals surface area (Å²) in [6, 6.07) is 0. The molecule has 3 nitrogen and oxygen atoms in total. The molecule has 1 fully saturated rings. The summed E-state index contributed by atoms with van der Waals surface area (Å²) in [5.74, 6) is 1.80. The molecule has 2 rings (SSSR count). The molecule has 0 atom stereocenters. The molecule has 2 N–H and O–H groups in total. The van der Waals surface area contributed by atoms with E-state index >= 15 is 0 Å². The van der Waals surface area contributed by atoms with Crippen LogP contribution in [0.15, 0.2) is 0 Å². The van der Waals surface area contributed by atoms with Crippen molar-refractivity contribution in [1.82, 2.24) is 10.2 Å². The summed E-state index contributed by atoms with van der Waals surface area (Å²) in [4.78, 5) is 0. The summed E-state index contributed by atoms with van der Waals surface area (Å²) in [6.45, 7) is 2.18. The largest absolute Gasteiger partial charge is 0.371 e. The van der Waals surface area contributed by atoms with Gasteiger partial charge in [-0.15, -0.1) is 0 Å². The van der Waals surface area contributed by atoms with Crippen LogP contribution in [0.4, 0.5) is 5.82 Å². The van der Waals surface area contributed by atoms with E-state index in [1.54, 1.807) is 0 Å². The number of hydrogen-bond donors (Lipinski definition) is 2. The van der Waals surface area contributed by atoms with Crippen LogP contribution < -0.4 is 5.32 Å². The number of aromatic nitrogens is 2. The van der Waals surface area contributed by atoms with Gasteiger partial charge in [-0.2, -0.15) is 5.10 Å². The average Bonchev–Trinajstić information content (AvgIpc) is 2.85. The Balaban J connectivity index is 2.33. The van der Waals surface area contributed by atoms with E-state index in [0.717, 1.165) is 18.2 Å². The minimum atomic E-state index is 0.773. The van der Waals surface area contributed by atoms with Crippen LogP contribution >= 0.6 is 0 Å². The molecule has 1 aliphatic carbocycles. The van der Waals surface area contributed by atoms with Gasteiger partial charge < -0.3 is 5.32 Å². The average molecular weight is 165 g/mol. The van der Waals surface area contributed by atoms with Crippen molar-refractivity contribution >= 4 is 5.82 Å². The summed E-state index contributed by atoms with van der Waals surface area (Å²) in [6.07, 6.45) is 3.73. The molecule has 0 unspecified atom stereocenters. The van der Waals surface area contributed by atoms with Gasteiger partial charge in [-0.05, 0) is 19.3 Å². The van der Waals surface area contributed by atoms with E-state index in [9.17, 15) is 0 Å². The Labute approximate surface area is 72.6 Å². The standard InChI is InChI=1S/C9H15N3/c1-3-7-8(6-4-5-6)11-12-9(7)10-2/h6H,3-5H2,1-2H3,(H2,10,11,12). The number of H-pyrrole nitrogens is 1. The van der Waals surface area contributed by atoms with Crippen LogP contribution in [-0.4, -0.2) is 17.2 Å². The minimum Gasteiger partial charge on any atom is -0.371 e. The maximum absolute atomic E-state index is 4.23. The second-order valence-corrected chi connectivity index (χ2v) is 3.34. The van der Waals surface area contributed by atoms with Gasteiger partial charge in [0.1, 0.15) is 0 Å². The minimum absolute atomic E-state index is 0.773. The molecule has 1 aliphatic rings. The summed E-state index contributed by atoms with van der Waals surface area (Å²) in [7, 11) is 1.92. The van der Waals surface area contributed by atoms with Gasteiger partial charge >= 0.3 is 0 Å². The SMILES string of the molecule is CCc1c(NC)n[nH]c1C1CC1. The van der Waals surface area contributed by atoms with Crippen molar-refractivity contribution in [2.24, 2.45) is 0 Å². The molecule has 0 bridgehead atoms. The van der Waals surface area contributed by atoms with E-state index in [1.165, 1.54) is 24.1 Å². The predicted molar refractivity (Wildman–Crippen MR) is 49.5 cm³/mol. The van der Waals surface area contributed by atoms with Crippen molar-refractivity contribution in [2.75, 3.05) is 12.4 Å². The second kappa shape index (κ2) is 2.81. The lowest BCUT2D eigenvalue weighted by molar-refractivity contribution is 0.946. The van der Waals surface area contributed by atoms with Crippen molar-refractivity contribution in [3.63, 3.8) is 0 Å². The first-order chi connectivity index (χ1) is 5.86. The highest BCUT2D eigenvalue weighted by Gasteiger charge is 2.28. The lowest BCUT2D eigenvalue weighted by Gasteiger charge is -1.99. The maximum Gasteiger partial charge on any atom is 0.151 e. The molecule has 0 spiro atoms. The summed E-state index contributed by atoms with van der Waals surface area (Å²) in [5.41, 5.74) is 2.74. The third-order valence-corrected chi connectivity index (χ3v) is 2.48. The summed E-state index contributed by atoms with van der Waals surface area (Å²) >= 11 is 0. The Morgan fingerprint density at radius 2 is 2.33 bits per heavy atom. The van der Waals surface area contributed by atoms with Crippen molar-refractivity contribution in [3.05, 3.63) is 11.3 Å². The topological polar surface area (TPSA) is 40.7 Å². The van der Waals surface area contributed by atoms with Crippen LogP contribution in [0, 0.1) is 0 Å². The first-order valence-corrected chi connectivity index (χ1v) is 4.61. The van der Waals surface area contributed by atoms with Gasteiger partial charge in [0.25, 0.3) is 0 Å². The highest BCUT2D eigenvalue weighted by Crippen LogP contribution is 2.41. The molecule has 0 saturated heterocycles. The van der Waals surface area contributed by atoms with E-state index in [4.69, 9.17) is 0 Å². The molecule has 12 heavy (non-hydrogen) atoms. The smallest absolute Gasteiger partial charge is 0.151 e. The van der Waals surface area contributed by atoms with Gasteiger partial charge in [-0.1, -0.05) is 6.92 Å². The molecular weight excluding hydrogens is 150 g/mol. The van der Waals surface area contributed by atoms with Crippen LogP contribution in [0.3, 0.4) is 0 Å². The Morgan fingerprint density at radius 3 is 2.83 bits per heavy atom. The molecule has 0 radical (unpaired) electrons. The zero-order valence-electron chi connectivity index (χ0n) is 7.65. The Hall–Kier alpha value is -0.990. The van der Waals surface area contributed by atoms with Gasteiger partial charge in [0.15, 0.2) is 5.82 Å². The quantitative estimate of drug-likeness (QED) is 0.718. The van der Waals surface area contributed by atoms with Crippen molar-refractivity contribution < 1.29 is 0 Å². The lowest BCUT2D eigenvalue weighted by Crippen LogP contribution is -1.93. The Morgan fingerprint density at radius 1 is 1.58 bits per heavy atom. The fourth-order valence-corrected chi connectivity index (χ4v) is 1.65.